The fourth-order valence-electron chi connectivity index (χ4n) is 7.24. The second-order valence-electron chi connectivity index (χ2n) is 12.2. The van der Waals surface area contributed by atoms with E-state index < -0.39 is 11.6 Å². The smallest absolute Gasteiger partial charge is 0.415 e. The van der Waals surface area contributed by atoms with E-state index in [0.717, 1.165) is 60.8 Å². The Hall–Kier alpha value is -3.76. The van der Waals surface area contributed by atoms with Gasteiger partial charge in [-0.15, -0.1) is 0 Å². The first-order chi connectivity index (χ1) is 21.2. The Morgan fingerprint density at radius 2 is 1.82 bits per heavy atom. The zero-order valence-electron chi connectivity index (χ0n) is 26.1. The van der Waals surface area contributed by atoms with Crippen LogP contribution in [0.5, 0.6) is 5.75 Å². The molecule has 0 aliphatic carbocycles. The summed E-state index contributed by atoms with van der Waals surface area (Å²) in [5.74, 6) is -0.274. The second kappa shape index (κ2) is 12.0. The van der Waals surface area contributed by atoms with Crippen molar-refractivity contribution in [1.82, 2.24) is 19.4 Å². The maximum atomic E-state index is 13.6. The molecule has 0 saturated carbocycles. The second-order valence-corrected chi connectivity index (χ2v) is 12.2. The number of carbonyl (C=O) groups is 2. The topological polar surface area (TPSA) is 114 Å². The molecule has 6 rings (SSSR count). The van der Waals surface area contributed by atoms with Crippen LogP contribution in [0.15, 0.2) is 29.1 Å². The first kappa shape index (κ1) is 30.3. The Kier molecular flexibility index (Phi) is 8.24. The van der Waals surface area contributed by atoms with Gasteiger partial charge >= 0.3 is 12.1 Å². The fraction of sp³-hybridized carbons (Fsp3) is 0.529. The summed E-state index contributed by atoms with van der Waals surface area (Å²) in [5, 5.41) is 12.0. The quantitative estimate of drug-likeness (QED) is 0.288. The molecular formula is C34H42N4O6. The number of benzene rings is 1. The normalized spacial score (nSPS) is 19.6. The number of nitrogens with zero attached hydrogens (tertiary/aromatic N) is 4. The van der Waals surface area contributed by atoms with Gasteiger partial charge < -0.3 is 28.9 Å². The lowest BCUT2D eigenvalue weighted by molar-refractivity contribution is -0.172. The molecule has 234 valence electrons. The van der Waals surface area contributed by atoms with Gasteiger partial charge in [0, 0.05) is 35.6 Å². The number of rotatable bonds is 8. The number of aryl methyl sites for hydroxylation is 1. The highest BCUT2D eigenvalue weighted by Gasteiger charge is 2.45. The minimum atomic E-state index is -1.87. The van der Waals surface area contributed by atoms with Crippen LogP contribution in [0.2, 0.25) is 0 Å². The van der Waals surface area contributed by atoms with Gasteiger partial charge in [-0.3, -0.25) is 4.79 Å². The Balaban J connectivity index is 1.27. The third-order valence-electron chi connectivity index (χ3n) is 9.60. The lowest BCUT2D eigenvalue weighted by Crippen LogP contribution is -2.47. The number of carbonyl (C=O) groups excluding carboxylic acids is 2. The van der Waals surface area contributed by atoms with Crippen LogP contribution >= 0.6 is 0 Å². The number of hydrogen-bond donors (Lipinski definition) is 1. The summed E-state index contributed by atoms with van der Waals surface area (Å²) >= 11 is 0. The number of aliphatic hydroxyl groups is 1. The summed E-state index contributed by atoms with van der Waals surface area (Å²) in [6, 6.07) is 7.71. The molecule has 10 nitrogen and oxygen atoms in total. The van der Waals surface area contributed by atoms with Crippen molar-refractivity contribution in [2.45, 2.75) is 91.0 Å². The van der Waals surface area contributed by atoms with Gasteiger partial charge in [0.15, 0.2) is 5.60 Å². The van der Waals surface area contributed by atoms with E-state index in [1.165, 1.54) is 0 Å². The van der Waals surface area contributed by atoms with Crippen molar-refractivity contribution in [3.8, 4) is 17.1 Å². The van der Waals surface area contributed by atoms with Crippen LogP contribution in [0.25, 0.3) is 22.3 Å². The third-order valence-corrected chi connectivity index (χ3v) is 9.60. The molecular weight excluding hydrogens is 560 g/mol. The van der Waals surface area contributed by atoms with Gasteiger partial charge in [0.1, 0.15) is 12.4 Å². The number of likely N-dealkylation sites (tertiary alicyclic amines) is 1. The Bertz CT molecular complexity index is 1670. The number of pyridine rings is 2. The van der Waals surface area contributed by atoms with E-state index in [-0.39, 0.29) is 24.7 Å². The molecule has 1 N–H and O–H groups in total. The zero-order chi connectivity index (χ0) is 31.2. The largest absolute Gasteiger partial charge is 0.458 e. The van der Waals surface area contributed by atoms with Gasteiger partial charge in [0.05, 0.1) is 29.0 Å². The van der Waals surface area contributed by atoms with Crippen molar-refractivity contribution in [3.63, 3.8) is 0 Å². The molecule has 44 heavy (non-hydrogen) atoms. The fourth-order valence-corrected chi connectivity index (χ4v) is 7.24. The number of hydrogen-bond acceptors (Lipinski definition) is 8. The number of piperidine rings is 1. The summed E-state index contributed by atoms with van der Waals surface area (Å²) in [6.07, 6.45) is 4.59. The number of aromatic nitrogens is 2. The maximum absolute atomic E-state index is 13.6. The molecule has 5 heterocycles. The monoisotopic (exact) mass is 602 g/mol. The molecule has 0 unspecified atom stereocenters. The van der Waals surface area contributed by atoms with E-state index in [1.807, 2.05) is 12.1 Å². The van der Waals surface area contributed by atoms with Gasteiger partial charge in [-0.05, 0) is 81.4 Å². The molecule has 10 heteroatoms. The minimum Gasteiger partial charge on any atom is -0.458 e. The summed E-state index contributed by atoms with van der Waals surface area (Å²) < 4.78 is 12.7. The summed E-state index contributed by atoms with van der Waals surface area (Å²) in [4.78, 5) is 48.6. The maximum Gasteiger partial charge on any atom is 0.415 e. The average molecular weight is 603 g/mol. The van der Waals surface area contributed by atoms with Crippen LogP contribution in [-0.4, -0.2) is 68.7 Å². The molecule has 1 amide bonds. The summed E-state index contributed by atoms with van der Waals surface area (Å²) in [6.45, 7) is 11.9. The van der Waals surface area contributed by atoms with Crippen molar-refractivity contribution in [1.29, 1.82) is 0 Å². The van der Waals surface area contributed by atoms with E-state index >= 15 is 0 Å². The Morgan fingerprint density at radius 3 is 2.48 bits per heavy atom. The van der Waals surface area contributed by atoms with Crippen LogP contribution in [-0.2, 0) is 34.7 Å². The van der Waals surface area contributed by atoms with E-state index in [2.05, 4.69) is 25.7 Å². The first-order valence-corrected chi connectivity index (χ1v) is 16.1. The predicted octanol–water partition coefficient (Wildman–Crippen LogP) is 4.73. The molecule has 3 aliphatic heterocycles. The molecule has 3 aromatic rings. The number of amides is 1. The molecule has 0 bridgehead atoms. The van der Waals surface area contributed by atoms with Crippen molar-refractivity contribution in [3.05, 3.63) is 56.9 Å². The van der Waals surface area contributed by atoms with Crippen molar-refractivity contribution in [2.24, 2.45) is 0 Å². The van der Waals surface area contributed by atoms with Gasteiger partial charge in [0.25, 0.3) is 5.56 Å². The molecule has 1 fully saturated rings. The Labute approximate surface area is 257 Å². The standard InChI is InChI=1S/C34H42N4O6/c1-5-13-36(14-6-2)21-11-15-37(16-12-21)33(41)44-22-9-10-28-24(17-22)23(7-3)25-19-38-29(30(25)35-28)18-27-26(31(38)39)20-43-32(40)34(27,42)8-4/h9-10,17-18,21,42H,5-8,11-16,19-20H2,1-4H3/t34-/m0/s1. The van der Waals surface area contributed by atoms with Crippen LogP contribution in [0.3, 0.4) is 0 Å². The zero-order valence-corrected chi connectivity index (χ0v) is 26.1. The van der Waals surface area contributed by atoms with Gasteiger partial charge in [-0.25, -0.2) is 14.6 Å². The molecule has 1 atom stereocenters. The highest BCUT2D eigenvalue weighted by atomic mass is 16.6. The third kappa shape index (κ3) is 4.98. The highest BCUT2D eigenvalue weighted by Crippen LogP contribution is 2.40. The van der Waals surface area contributed by atoms with E-state index in [4.69, 9.17) is 14.5 Å². The van der Waals surface area contributed by atoms with E-state index in [1.54, 1.807) is 28.5 Å². The van der Waals surface area contributed by atoms with Crippen LogP contribution in [0.4, 0.5) is 4.79 Å². The Morgan fingerprint density at radius 1 is 1.09 bits per heavy atom. The van der Waals surface area contributed by atoms with E-state index in [9.17, 15) is 19.5 Å². The summed E-state index contributed by atoms with van der Waals surface area (Å²) in [5.41, 5.74) is 2.36. The highest BCUT2D eigenvalue weighted by molar-refractivity contribution is 5.90. The van der Waals surface area contributed by atoms with Gasteiger partial charge in [-0.1, -0.05) is 27.7 Å². The number of esters is 1. The molecule has 2 aromatic heterocycles. The lowest BCUT2D eigenvalue weighted by Gasteiger charge is -2.38. The first-order valence-electron chi connectivity index (χ1n) is 16.1. The average Bonchev–Trinajstić information content (AvgIpc) is 3.40. The summed E-state index contributed by atoms with van der Waals surface area (Å²) in [7, 11) is 0. The lowest BCUT2D eigenvalue weighted by atomic mass is 9.86. The van der Waals surface area contributed by atoms with Crippen LogP contribution in [0.1, 0.15) is 82.1 Å². The SMILES string of the molecule is CCCN(CCC)C1CCN(C(=O)Oc2ccc3nc4c(c(CC)c3c2)Cn2c-4cc3c(c2=O)COC(=O)[C@]3(O)CC)CC1. The number of ether oxygens (including phenoxy) is 2. The number of fused-ring (bicyclic) bond motifs is 5. The minimum absolute atomic E-state index is 0.0929. The van der Waals surface area contributed by atoms with Crippen LogP contribution in [0, 0.1) is 0 Å². The molecule has 0 spiro atoms. The predicted molar refractivity (Wildman–Crippen MR) is 167 cm³/mol. The van der Waals surface area contributed by atoms with E-state index in [0.29, 0.717) is 60.4 Å². The van der Waals surface area contributed by atoms with Crippen molar-refractivity contribution in [2.75, 3.05) is 26.2 Å². The van der Waals surface area contributed by atoms with Gasteiger partial charge in [0.2, 0.25) is 0 Å². The number of cyclic esters (lactones) is 1. The molecule has 1 saturated heterocycles. The van der Waals surface area contributed by atoms with Crippen molar-refractivity contribution >= 4 is 23.0 Å². The van der Waals surface area contributed by atoms with Crippen LogP contribution < -0.4 is 10.3 Å². The van der Waals surface area contributed by atoms with Crippen molar-refractivity contribution < 1.29 is 24.2 Å². The molecule has 1 aromatic carbocycles. The molecule has 0 radical (unpaired) electrons. The molecule has 3 aliphatic rings. The van der Waals surface area contributed by atoms with Gasteiger partial charge in [-0.2, -0.15) is 0 Å².